The lowest BCUT2D eigenvalue weighted by Gasteiger charge is -2.09. The molecule has 0 bridgehead atoms. The first-order chi connectivity index (χ1) is 14.7. The molecule has 3 aromatic rings. The zero-order valence-electron chi connectivity index (χ0n) is 17.0. The standard InChI is InChI=1S/C19H20ClN5O4S2/c1-4-9-30-19-21-10-15(20)16(23-19)17(26)22-13-5-7-14(8-6-13)31(27,28)25-18-11(2)12(3)24-29-18/h5-8,10,25H,4,9H2,1-3H3,(H,22,26). The number of amides is 1. The second kappa shape index (κ2) is 9.67. The quantitative estimate of drug-likeness (QED) is 0.360. The summed E-state index contributed by atoms with van der Waals surface area (Å²) in [7, 11) is -3.88. The summed E-state index contributed by atoms with van der Waals surface area (Å²) in [6.45, 7) is 5.44. The van der Waals surface area contributed by atoms with Crippen molar-refractivity contribution in [2.45, 2.75) is 37.2 Å². The van der Waals surface area contributed by atoms with E-state index in [1.54, 1.807) is 13.8 Å². The summed E-state index contributed by atoms with van der Waals surface area (Å²) in [6, 6.07) is 5.65. The average Bonchev–Trinajstić information content (AvgIpc) is 3.05. The van der Waals surface area contributed by atoms with Crippen molar-refractivity contribution in [3.8, 4) is 0 Å². The van der Waals surface area contributed by atoms with Crippen LogP contribution in [0.4, 0.5) is 11.6 Å². The number of anilines is 2. The molecule has 2 aromatic heterocycles. The summed E-state index contributed by atoms with van der Waals surface area (Å²) in [4.78, 5) is 20.9. The number of aryl methyl sites for hydroxylation is 1. The lowest BCUT2D eigenvalue weighted by molar-refractivity contribution is 0.102. The topological polar surface area (TPSA) is 127 Å². The molecule has 0 radical (unpaired) electrons. The van der Waals surface area contributed by atoms with Gasteiger partial charge in [0.2, 0.25) is 5.88 Å². The molecule has 0 fully saturated rings. The van der Waals surface area contributed by atoms with Gasteiger partial charge in [0.25, 0.3) is 15.9 Å². The van der Waals surface area contributed by atoms with E-state index in [9.17, 15) is 13.2 Å². The molecule has 164 valence electrons. The summed E-state index contributed by atoms with van der Waals surface area (Å²) >= 11 is 7.50. The maximum absolute atomic E-state index is 12.6. The second-order valence-electron chi connectivity index (χ2n) is 6.50. The van der Waals surface area contributed by atoms with E-state index in [-0.39, 0.29) is 21.5 Å². The van der Waals surface area contributed by atoms with Crippen LogP contribution < -0.4 is 10.0 Å². The van der Waals surface area contributed by atoms with Crippen molar-refractivity contribution in [1.29, 1.82) is 0 Å². The highest BCUT2D eigenvalue weighted by Crippen LogP contribution is 2.23. The number of hydrogen-bond donors (Lipinski definition) is 2. The molecule has 3 rings (SSSR count). The van der Waals surface area contributed by atoms with Crippen LogP contribution in [-0.2, 0) is 10.0 Å². The molecule has 0 saturated carbocycles. The van der Waals surface area contributed by atoms with E-state index in [0.717, 1.165) is 12.2 Å². The minimum absolute atomic E-state index is 0.00253. The van der Waals surface area contributed by atoms with Gasteiger partial charge in [-0.15, -0.1) is 0 Å². The van der Waals surface area contributed by atoms with Crippen LogP contribution in [0, 0.1) is 13.8 Å². The van der Waals surface area contributed by atoms with Crippen molar-refractivity contribution in [2.75, 3.05) is 15.8 Å². The molecule has 12 heteroatoms. The van der Waals surface area contributed by atoms with Gasteiger partial charge in [-0.2, -0.15) is 0 Å². The van der Waals surface area contributed by atoms with Crippen molar-refractivity contribution in [3.05, 3.63) is 52.4 Å². The highest BCUT2D eigenvalue weighted by atomic mass is 35.5. The van der Waals surface area contributed by atoms with Gasteiger partial charge in [0, 0.05) is 17.0 Å². The Hall–Kier alpha value is -2.63. The molecule has 1 aromatic carbocycles. The molecule has 0 saturated heterocycles. The fourth-order valence-electron chi connectivity index (χ4n) is 2.37. The van der Waals surface area contributed by atoms with Crippen LogP contribution in [-0.4, -0.2) is 35.2 Å². The SMILES string of the molecule is CCCSc1ncc(Cl)c(C(=O)Nc2ccc(S(=O)(=O)Nc3onc(C)c3C)cc2)n1. The van der Waals surface area contributed by atoms with Crippen molar-refractivity contribution < 1.29 is 17.7 Å². The van der Waals surface area contributed by atoms with Crippen molar-refractivity contribution in [2.24, 2.45) is 0 Å². The monoisotopic (exact) mass is 481 g/mol. The van der Waals surface area contributed by atoms with Gasteiger partial charge in [0.1, 0.15) is 0 Å². The van der Waals surface area contributed by atoms with E-state index >= 15 is 0 Å². The Bertz CT molecular complexity index is 1200. The molecule has 31 heavy (non-hydrogen) atoms. The first-order valence-electron chi connectivity index (χ1n) is 9.23. The van der Waals surface area contributed by atoms with Gasteiger partial charge in [-0.1, -0.05) is 35.4 Å². The van der Waals surface area contributed by atoms with E-state index < -0.39 is 15.9 Å². The first-order valence-corrected chi connectivity index (χ1v) is 12.1. The fraction of sp³-hybridized carbons (Fsp3) is 0.263. The highest BCUT2D eigenvalue weighted by Gasteiger charge is 2.20. The molecular formula is C19H20ClN5O4S2. The van der Waals surface area contributed by atoms with E-state index in [2.05, 4.69) is 25.2 Å². The van der Waals surface area contributed by atoms with E-state index in [1.807, 2.05) is 6.92 Å². The molecule has 0 spiro atoms. The van der Waals surface area contributed by atoms with Crippen LogP contribution in [0.3, 0.4) is 0 Å². The predicted octanol–water partition coefficient (Wildman–Crippen LogP) is 4.29. The Morgan fingerprint density at radius 3 is 2.55 bits per heavy atom. The van der Waals surface area contributed by atoms with Crippen LogP contribution in [0.15, 0.2) is 45.0 Å². The number of benzene rings is 1. The number of thioether (sulfide) groups is 1. The Morgan fingerprint density at radius 1 is 1.23 bits per heavy atom. The molecular weight excluding hydrogens is 462 g/mol. The fourth-order valence-corrected chi connectivity index (χ4v) is 4.27. The smallest absolute Gasteiger partial charge is 0.275 e. The van der Waals surface area contributed by atoms with E-state index in [4.69, 9.17) is 16.1 Å². The lowest BCUT2D eigenvalue weighted by Crippen LogP contribution is -2.16. The Kier molecular flexibility index (Phi) is 7.19. The molecule has 1 amide bonds. The van der Waals surface area contributed by atoms with Crippen LogP contribution in [0.2, 0.25) is 5.02 Å². The van der Waals surface area contributed by atoms with Gasteiger partial charge in [-0.25, -0.2) is 23.1 Å². The van der Waals surface area contributed by atoms with Gasteiger partial charge < -0.3 is 9.84 Å². The highest BCUT2D eigenvalue weighted by molar-refractivity contribution is 7.99. The molecule has 0 aliphatic heterocycles. The number of carbonyl (C=O) groups is 1. The second-order valence-corrected chi connectivity index (χ2v) is 9.66. The number of nitrogens with one attached hydrogen (secondary N) is 2. The van der Waals surface area contributed by atoms with Crippen molar-refractivity contribution in [1.82, 2.24) is 15.1 Å². The van der Waals surface area contributed by atoms with Gasteiger partial charge in [-0.05, 0) is 44.5 Å². The predicted molar refractivity (Wildman–Crippen MR) is 119 cm³/mol. The number of carbonyl (C=O) groups excluding carboxylic acids is 1. The zero-order chi connectivity index (χ0) is 22.6. The van der Waals surface area contributed by atoms with Crippen LogP contribution in [0.1, 0.15) is 35.1 Å². The Labute approximate surface area is 189 Å². The summed E-state index contributed by atoms with van der Waals surface area (Å²) < 4.78 is 32.5. The summed E-state index contributed by atoms with van der Waals surface area (Å²) in [5.41, 5.74) is 1.62. The van der Waals surface area contributed by atoms with Crippen LogP contribution in [0.5, 0.6) is 0 Å². The number of rotatable bonds is 8. The minimum atomic E-state index is -3.88. The Morgan fingerprint density at radius 2 is 1.94 bits per heavy atom. The maximum Gasteiger partial charge on any atom is 0.275 e. The molecule has 2 heterocycles. The third-order valence-corrected chi connectivity index (χ3v) is 6.87. The lowest BCUT2D eigenvalue weighted by atomic mass is 10.3. The van der Waals surface area contributed by atoms with Gasteiger partial charge >= 0.3 is 0 Å². The maximum atomic E-state index is 12.6. The van der Waals surface area contributed by atoms with Gasteiger partial charge in [0.05, 0.1) is 21.8 Å². The first kappa shape index (κ1) is 23.0. The third kappa shape index (κ3) is 5.54. The summed E-state index contributed by atoms with van der Waals surface area (Å²) in [5, 5.41) is 6.97. The van der Waals surface area contributed by atoms with Gasteiger partial charge in [0.15, 0.2) is 10.9 Å². The number of hydrogen-bond acceptors (Lipinski definition) is 8. The van der Waals surface area contributed by atoms with E-state index in [1.165, 1.54) is 42.2 Å². The zero-order valence-corrected chi connectivity index (χ0v) is 19.4. The average molecular weight is 482 g/mol. The van der Waals surface area contributed by atoms with E-state index in [0.29, 0.717) is 22.1 Å². The molecule has 0 aliphatic rings. The van der Waals surface area contributed by atoms with Crippen molar-refractivity contribution in [3.63, 3.8) is 0 Å². The normalized spacial score (nSPS) is 11.4. The third-order valence-electron chi connectivity index (χ3n) is 4.18. The summed E-state index contributed by atoms with van der Waals surface area (Å²) in [6.07, 6.45) is 2.33. The molecule has 2 N–H and O–H groups in total. The minimum Gasteiger partial charge on any atom is -0.337 e. The summed E-state index contributed by atoms with van der Waals surface area (Å²) in [5.74, 6) is 0.358. The van der Waals surface area contributed by atoms with Gasteiger partial charge in [-0.3, -0.25) is 4.79 Å². The largest absolute Gasteiger partial charge is 0.337 e. The number of nitrogens with zero attached hydrogens (tertiary/aromatic N) is 3. The van der Waals surface area contributed by atoms with Crippen molar-refractivity contribution >= 4 is 50.9 Å². The molecule has 0 atom stereocenters. The molecule has 0 unspecified atom stereocenters. The van der Waals surface area contributed by atoms with Crippen LogP contribution in [0.25, 0.3) is 0 Å². The number of aromatic nitrogens is 3. The number of sulfonamides is 1. The molecule has 9 nitrogen and oxygen atoms in total. The molecule has 0 aliphatic carbocycles. The Balaban J connectivity index is 1.73. The number of halogens is 1. The van der Waals surface area contributed by atoms with Crippen LogP contribution >= 0.6 is 23.4 Å².